The van der Waals surface area contributed by atoms with E-state index in [0.29, 0.717) is 17.8 Å². The molecule has 3 atom stereocenters. The van der Waals surface area contributed by atoms with E-state index in [2.05, 4.69) is 10.3 Å². The molecule has 0 radical (unpaired) electrons. The largest absolute Gasteiger partial charge is 0.507 e. The Morgan fingerprint density at radius 1 is 1.08 bits per heavy atom. The number of rotatable bonds is 11. The second-order valence-corrected chi connectivity index (χ2v) is 9.40. The van der Waals surface area contributed by atoms with Crippen LogP contribution in [-0.4, -0.2) is 33.8 Å². The van der Waals surface area contributed by atoms with Crippen molar-refractivity contribution in [1.82, 2.24) is 10.3 Å². The number of hydrogen-bond acceptors (Lipinski definition) is 5. The Morgan fingerprint density at radius 3 is 2.35 bits per heavy atom. The van der Waals surface area contributed by atoms with Gasteiger partial charge in [-0.3, -0.25) is 9.59 Å². The van der Waals surface area contributed by atoms with E-state index in [9.17, 15) is 28.6 Å². The number of carbonyl (C=O) groups is 1. The Balaban J connectivity index is 1.98. The van der Waals surface area contributed by atoms with Gasteiger partial charge in [0.15, 0.2) is 0 Å². The first-order chi connectivity index (χ1) is 17.5. The molecule has 0 spiro atoms. The van der Waals surface area contributed by atoms with Crippen molar-refractivity contribution in [3.8, 4) is 5.75 Å². The molecule has 0 aliphatic rings. The smallest absolute Gasteiger partial charge is 0.311 e. The number of benzene rings is 2. The summed E-state index contributed by atoms with van der Waals surface area (Å²) >= 11 is 0. The summed E-state index contributed by atoms with van der Waals surface area (Å²) in [5.74, 6) is -5.68. The highest BCUT2D eigenvalue weighted by Gasteiger charge is 2.38. The normalized spacial score (nSPS) is 13.8. The zero-order valence-electron chi connectivity index (χ0n) is 21.1. The number of carboxylic acid groups (broad SMARTS) is 1. The molecular weight excluding hydrogens is 480 g/mol. The number of aliphatic carboxylic acids is 1. The van der Waals surface area contributed by atoms with E-state index in [-0.39, 0.29) is 24.1 Å². The van der Waals surface area contributed by atoms with Crippen LogP contribution in [0.25, 0.3) is 0 Å². The van der Waals surface area contributed by atoms with Crippen LogP contribution in [0.1, 0.15) is 46.4 Å². The molecule has 198 valence electrons. The van der Waals surface area contributed by atoms with Crippen molar-refractivity contribution in [2.75, 3.05) is 6.54 Å². The maximum atomic E-state index is 13.8. The second-order valence-electron chi connectivity index (χ2n) is 9.40. The number of aromatic amines is 1. The molecule has 6 N–H and O–H groups in total. The van der Waals surface area contributed by atoms with Crippen molar-refractivity contribution in [2.24, 2.45) is 11.7 Å². The number of aromatic nitrogens is 1. The summed E-state index contributed by atoms with van der Waals surface area (Å²) in [5.41, 5.74) is 8.62. The molecule has 2 aromatic carbocycles. The predicted molar refractivity (Wildman–Crippen MR) is 138 cm³/mol. The molecule has 0 amide bonds. The molecule has 3 aromatic rings. The van der Waals surface area contributed by atoms with Gasteiger partial charge in [0.25, 0.3) is 5.56 Å². The topological polar surface area (TPSA) is 128 Å². The Labute approximate surface area is 214 Å². The van der Waals surface area contributed by atoms with E-state index in [1.807, 2.05) is 31.2 Å². The van der Waals surface area contributed by atoms with Crippen molar-refractivity contribution < 1.29 is 23.8 Å². The molecule has 0 fully saturated rings. The van der Waals surface area contributed by atoms with Crippen LogP contribution in [0.3, 0.4) is 0 Å². The number of nitrogens with two attached hydrogens (primary N) is 1. The molecule has 0 saturated carbocycles. The van der Waals surface area contributed by atoms with E-state index >= 15 is 0 Å². The number of pyridine rings is 1. The fourth-order valence-corrected chi connectivity index (χ4v) is 4.64. The highest BCUT2D eigenvalue weighted by atomic mass is 19.1. The lowest BCUT2D eigenvalue weighted by atomic mass is 9.79. The average Bonchev–Trinajstić information content (AvgIpc) is 2.83. The predicted octanol–water partition coefficient (Wildman–Crippen LogP) is 3.68. The van der Waals surface area contributed by atoms with Gasteiger partial charge in [-0.1, -0.05) is 31.2 Å². The van der Waals surface area contributed by atoms with Gasteiger partial charge in [0, 0.05) is 42.4 Å². The number of H-pyrrole nitrogens is 1. The maximum Gasteiger partial charge on any atom is 0.311 e. The van der Waals surface area contributed by atoms with Crippen molar-refractivity contribution in [3.63, 3.8) is 0 Å². The molecule has 9 heteroatoms. The molecule has 0 aliphatic carbocycles. The minimum absolute atomic E-state index is 0.0420. The van der Waals surface area contributed by atoms with Crippen molar-refractivity contribution in [3.05, 3.63) is 98.0 Å². The van der Waals surface area contributed by atoms with E-state index in [1.54, 1.807) is 13.8 Å². The summed E-state index contributed by atoms with van der Waals surface area (Å²) < 4.78 is 27.6. The second kappa shape index (κ2) is 12.1. The first-order valence-electron chi connectivity index (χ1n) is 12.2. The lowest BCUT2D eigenvalue weighted by Gasteiger charge is -2.30. The third kappa shape index (κ3) is 6.81. The van der Waals surface area contributed by atoms with E-state index in [1.165, 1.54) is 0 Å². The molecule has 1 heterocycles. The summed E-state index contributed by atoms with van der Waals surface area (Å²) in [6, 6.07) is 10.0. The van der Waals surface area contributed by atoms with E-state index in [0.717, 1.165) is 35.7 Å². The number of carboxylic acids is 1. The number of aryl methyl sites for hydroxylation is 2. The summed E-state index contributed by atoms with van der Waals surface area (Å²) in [7, 11) is 0. The zero-order valence-corrected chi connectivity index (χ0v) is 21.1. The average molecular weight is 514 g/mol. The van der Waals surface area contributed by atoms with Crippen LogP contribution in [0.4, 0.5) is 8.78 Å². The SMILES string of the molecule is CCc1cccc(CNC[C@H](C(N)Cc2cc(F)cc(F)c2)[C@H](C(=O)O)c2c(O)c(C)c(C)[nH]c2=O)c1. The van der Waals surface area contributed by atoms with Gasteiger partial charge in [-0.05, 0) is 55.5 Å². The van der Waals surface area contributed by atoms with Gasteiger partial charge in [-0.2, -0.15) is 0 Å². The molecule has 1 aromatic heterocycles. The molecule has 3 rings (SSSR count). The highest BCUT2D eigenvalue weighted by molar-refractivity contribution is 5.78. The van der Waals surface area contributed by atoms with Crippen LogP contribution in [0.5, 0.6) is 5.75 Å². The van der Waals surface area contributed by atoms with Gasteiger partial charge < -0.3 is 26.2 Å². The molecule has 0 aliphatic heterocycles. The Kier molecular flexibility index (Phi) is 9.18. The number of hydrogen-bond donors (Lipinski definition) is 5. The molecule has 1 unspecified atom stereocenters. The van der Waals surface area contributed by atoms with Gasteiger partial charge in [0.1, 0.15) is 17.4 Å². The number of halogens is 2. The Hall–Kier alpha value is -3.56. The van der Waals surface area contributed by atoms with Crippen LogP contribution in [0.2, 0.25) is 0 Å². The van der Waals surface area contributed by atoms with Gasteiger partial charge in [0.05, 0.1) is 11.5 Å². The molecule has 0 saturated heterocycles. The number of nitrogens with one attached hydrogen (secondary N) is 2. The number of aromatic hydroxyl groups is 1. The van der Waals surface area contributed by atoms with Crippen LogP contribution in [0.15, 0.2) is 47.3 Å². The highest BCUT2D eigenvalue weighted by Crippen LogP contribution is 2.34. The van der Waals surface area contributed by atoms with Crippen LogP contribution in [-0.2, 0) is 24.2 Å². The summed E-state index contributed by atoms with van der Waals surface area (Å²) in [6.45, 7) is 5.70. The van der Waals surface area contributed by atoms with Crippen molar-refractivity contribution >= 4 is 5.97 Å². The summed E-state index contributed by atoms with van der Waals surface area (Å²) in [5, 5.41) is 24.2. The van der Waals surface area contributed by atoms with Gasteiger partial charge in [-0.25, -0.2) is 8.78 Å². The lowest BCUT2D eigenvalue weighted by molar-refractivity contribution is -0.140. The van der Waals surface area contributed by atoms with Gasteiger partial charge >= 0.3 is 5.97 Å². The first kappa shape index (κ1) is 28.0. The quantitative estimate of drug-likeness (QED) is 0.266. The monoisotopic (exact) mass is 513 g/mol. The van der Waals surface area contributed by atoms with Crippen molar-refractivity contribution in [1.29, 1.82) is 0 Å². The fourth-order valence-electron chi connectivity index (χ4n) is 4.64. The summed E-state index contributed by atoms with van der Waals surface area (Å²) in [4.78, 5) is 28.0. The third-order valence-corrected chi connectivity index (χ3v) is 6.78. The maximum absolute atomic E-state index is 13.8. The minimum Gasteiger partial charge on any atom is -0.507 e. The fraction of sp³-hybridized carbons (Fsp3) is 0.357. The lowest BCUT2D eigenvalue weighted by Crippen LogP contribution is -2.45. The third-order valence-electron chi connectivity index (χ3n) is 6.78. The van der Waals surface area contributed by atoms with E-state index in [4.69, 9.17) is 5.73 Å². The molecule has 7 nitrogen and oxygen atoms in total. The van der Waals surface area contributed by atoms with Crippen LogP contribution in [0, 0.1) is 31.4 Å². The Morgan fingerprint density at radius 2 is 1.73 bits per heavy atom. The molecule has 0 bridgehead atoms. The van der Waals surface area contributed by atoms with Gasteiger partial charge in [0.2, 0.25) is 0 Å². The summed E-state index contributed by atoms with van der Waals surface area (Å²) in [6.07, 6.45) is 0.821. The van der Waals surface area contributed by atoms with Crippen LogP contribution < -0.4 is 16.6 Å². The van der Waals surface area contributed by atoms with Crippen LogP contribution >= 0.6 is 0 Å². The molecular formula is C28H33F2N3O4. The standard InChI is InChI=1S/C28H33F2N3O4/c1-4-17-6-5-7-18(8-17)13-32-14-22(23(31)11-19-9-20(29)12-21(30)10-19)24(28(36)37)25-26(34)15(2)16(3)33-27(25)35/h5-10,12,22-24,32H,4,11,13-14,31H2,1-3H3,(H,36,37)(H2,33,34,35)/t22-,23?,24+/m1/s1. The zero-order chi connectivity index (χ0) is 27.3. The van der Waals surface area contributed by atoms with E-state index < -0.39 is 46.8 Å². The Bertz CT molecular complexity index is 1310. The minimum atomic E-state index is -1.48. The first-order valence-corrected chi connectivity index (χ1v) is 12.2. The molecule has 37 heavy (non-hydrogen) atoms. The van der Waals surface area contributed by atoms with Crippen molar-refractivity contribution in [2.45, 2.75) is 52.1 Å². The van der Waals surface area contributed by atoms with Gasteiger partial charge in [-0.15, -0.1) is 0 Å².